The standard InChI is InChI=1S/C32H28F5N3O5S.C31H24F5N3O6S.C4H8O.CH4/c1-18-38-28(19-9-12-22(13-10-19)45-32(35,36)37)29(44-18)25-16-21(20-7-6-8-23(15-20)46(5,42)43)11-14-24(25)26-17-27(39-40(26)4)31(33,34)30(2,3)41;1-17-37-27(18-8-11-21(12-9-18)45-31(34,35)36)28(44-17)24-15-20(19-6-5-7-22(14-19)46(4,41)42)10-13-23(24)25-16-26(38-39(25)2)30(32,33)29(40)43-3;1-2-4-5-3-1;/h6-17,41H,1-5H3;5-16H,1-4H3;1-4H2;1H4. The molecule has 0 radical (unpaired) electrons. The average molecular weight is 1410 g/mol. The topological polar surface area (TPSA) is 230 Å². The second kappa shape index (κ2) is 28.4. The van der Waals surface area contributed by atoms with Gasteiger partial charge in [-0.2, -0.15) is 27.8 Å². The van der Waals surface area contributed by atoms with Crippen molar-refractivity contribution in [2.75, 3.05) is 32.8 Å². The molecule has 0 amide bonds. The molecular formula is C68H64F10N6O12S2. The molecule has 0 bridgehead atoms. The molecule has 1 saturated heterocycles. The minimum atomic E-state index is -4.90. The fourth-order valence-electron chi connectivity index (χ4n) is 10.1. The van der Waals surface area contributed by atoms with Crippen LogP contribution in [0.3, 0.4) is 0 Å². The normalized spacial score (nSPS) is 13.0. The maximum atomic E-state index is 15.2. The highest BCUT2D eigenvalue weighted by atomic mass is 32.2. The fraction of sp³-hybridized carbons (Fsp3) is 0.279. The summed E-state index contributed by atoms with van der Waals surface area (Å²) in [4.78, 5) is 20.9. The van der Waals surface area contributed by atoms with Crippen LogP contribution < -0.4 is 9.47 Å². The molecule has 18 nitrogen and oxygen atoms in total. The lowest BCUT2D eigenvalue weighted by Gasteiger charge is -2.27. The van der Waals surface area contributed by atoms with Crippen molar-refractivity contribution in [1.29, 1.82) is 0 Å². The maximum absolute atomic E-state index is 15.2. The first-order valence-corrected chi connectivity index (χ1v) is 32.8. The minimum absolute atomic E-state index is 0. The van der Waals surface area contributed by atoms with Gasteiger partial charge in [-0.3, -0.25) is 9.36 Å². The van der Waals surface area contributed by atoms with E-state index in [0.717, 1.165) is 87.8 Å². The van der Waals surface area contributed by atoms with Crippen molar-refractivity contribution in [2.45, 2.75) is 87.9 Å². The van der Waals surface area contributed by atoms with Crippen molar-refractivity contribution >= 4 is 25.6 Å². The molecule has 1 aliphatic rings. The number of alkyl halides is 10. The third-order valence-corrected chi connectivity index (χ3v) is 17.1. The van der Waals surface area contributed by atoms with Crippen LogP contribution in [-0.4, -0.2) is 109 Å². The van der Waals surface area contributed by atoms with E-state index in [1.165, 1.54) is 80.1 Å². The predicted octanol–water partition coefficient (Wildman–Crippen LogP) is 15.9. The van der Waals surface area contributed by atoms with Gasteiger partial charge in [0.25, 0.3) is 0 Å². The van der Waals surface area contributed by atoms with E-state index in [9.17, 15) is 61.9 Å². The number of esters is 1. The molecular weight excluding hydrogens is 1350 g/mol. The number of nitrogens with zero attached hydrogens (tertiary/aromatic N) is 6. The van der Waals surface area contributed by atoms with Crippen LogP contribution in [0.4, 0.5) is 43.9 Å². The second-order valence-corrected chi connectivity index (χ2v) is 26.7. The van der Waals surface area contributed by atoms with E-state index >= 15 is 8.78 Å². The third-order valence-electron chi connectivity index (χ3n) is 14.9. The van der Waals surface area contributed by atoms with Crippen LogP contribution in [0.25, 0.3) is 89.9 Å². The van der Waals surface area contributed by atoms with Crippen LogP contribution in [-0.2, 0) is 59.9 Å². The van der Waals surface area contributed by atoms with Gasteiger partial charge in [-0.15, -0.1) is 26.3 Å². The second-order valence-electron chi connectivity index (χ2n) is 22.7. The maximum Gasteiger partial charge on any atom is 0.573 e. The quantitative estimate of drug-likeness (QED) is 0.0700. The van der Waals surface area contributed by atoms with Crippen LogP contribution in [0, 0.1) is 13.8 Å². The number of sulfone groups is 2. The van der Waals surface area contributed by atoms with Crippen molar-refractivity contribution in [3.8, 4) is 101 Å². The van der Waals surface area contributed by atoms with Crippen molar-refractivity contribution in [2.24, 2.45) is 14.1 Å². The molecule has 5 heterocycles. The summed E-state index contributed by atoms with van der Waals surface area (Å²) in [6.45, 7) is 7.06. The van der Waals surface area contributed by atoms with Gasteiger partial charge in [-0.25, -0.2) is 31.6 Å². The molecule has 520 valence electrons. The highest BCUT2D eigenvalue weighted by molar-refractivity contribution is 7.91. The first-order chi connectivity index (χ1) is 45.2. The molecule has 30 heteroatoms. The number of aryl methyl sites for hydroxylation is 4. The molecule has 10 aromatic rings. The third kappa shape index (κ3) is 17.0. The Labute approximate surface area is 556 Å². The van der Waals surface area contributed by atoms with Gasteiger partial charge in [0.1, 0.15) is 39.9 Å². The summed E-state index contributed by atoms with van der Waals surface area (Å²) in [5.41, 5.74) is 0.953. The number of benzene rings is 6. The van der Waals surface area contributed by atoms with Gasteiger partial charge in [-0.05, 0) is 146 Å². The number of oxazole rings is 2. The molecule has 0 unspecified atom stereocenters. The van der Waals surface area contributed by atoms with Gasteiger partial charge >= 0.3 is 30.5 Å². The lowest BCUT2D eigenvalue weighted by molar-refractivity contribution is -0.275. The van der Waals surface area contributed by atoms with Gasteiger partial charge < -0.3 is 32.9 Å². The van der Waals surface area contributed by atoms with Crippen LogP contribution >= 0.6 is 0 Å². The Bertz CT molecular complexity index is 4760. The van der Waals surface area contributed by atoms with E-state index in [1.54, 1.807) is 74.5 Å². The predicted molar refractivity (Wildman–Crippen MR) is 342 cm³/mol. The lowest BCUT2D eigenvalue weighted by Crippen LogP contribution is -2.40. The number of aliphatic hydroxyl groups is 1. The van der Waals surface area contributed by atoms with Gasteiger partial charge in [0.15, 0.2) is 43.0 Å². The Balaban J connectivity index is 0.000000231. The van der Waals surface area contributed by atoms with Crippen LogP contribution in [0.5, 0.6) is 11.5 Å². The SMILES string of the molecule is C.C1CCOC1.COC(=O)C(F)(F)c1cc(-c2ccc(-c3cccc(S(C)(=O)=O)c3)cc2-c2oc(C)nc2-c2ccc(OC(F)(F)F)cc2)n(C)n1.Cc1nc(-c2ccc(OC(F)(F)F)cc2)c(-c2cc(-c3cccc(S(C)(=O)=O)c3)ccc2-c2cc(C(F)(F)C(C)(C)O)nn2C)o1. The number of rotatable bonds is 16. The van der Waals surface area contributed by atoms with Gasteiger partial charge in [0, 0.05) is 87.0 Å². The summed E-state index contributed by atoms with van der Waals surface area (Å²) < 4.78 is 217. The molecule has 0 saturated carbocycles. The number of carbonyl (C=O) groups is 1. The summed E-state index contributed by atoms with van der Waals surface area (Å²) in [7, 11) is -3.42. The fourth-order valence-corrected chi connectivity index (χ4v) is 11.5. The van der Waals surface area contributed by atoms with E-state index in [2.05, 4.69) is 34.4 Å². The van der Waals surface area contributed by atoms with Crippen molar-refractivity contribution in [3.63, 3.8) is 0 Å². The van der Waals surface area contributed by atoms with Crippen molar-refractivity contribution in [3.05, 3.63) is 169 Å². The van der Waals surface area contributed by atoms with Crippen LogP contribution in [0.2, 0.25) is 0 Å². The number of methoxy groups -OCH3 is 1. The summed E-state index contributed by atoms with van der Waals surface area (Å²) in [6, 6.07) is 34.3. The number of aromatic nitrogens is 6. The summed E-state index contributed by atoms with van der Waals surface area (Å²) >= 11 is 0. The number of hydrogen-bond donors (Lipinski definition) is 1. The monoisotopic (exact) mass is 1410 g/mol. The Morgan fingerprint density at radius 2 is 0.888 bits per heavy atom. The first-order valence-electron chi connectivity index (χ1n) is 29.0. The van der Waals surface area contributed by atoms with Crippen molar-refractivity contribution in [1.82, 2.24) is 29.5 Å². The summed E-state index contributed by atoms with van der Waals surface area (Å²) in [5.74, 6) is -9.81. The molecule has 11 rings (SSSR count). The molecule has 1 N–H and O–H groups in total. The number of hydrogen-bond acceptors (Lipinski definition) is 16. The molecule has 6 aromatic carbocycles. The summed E-state index contributed by atoms with van der Waals surface area (Å²) in [5, 5.41) is 18.0. The van der Waals surface area contributed by atoms with E-state index < -0.39 is 78.7 Å². The highest BCUT2D eigenvalue weighted by Crippen LogP contribution is 2.46. The molecule has 1 aliphatic heterocycles. The minimum Gasteiger partial charge on any atom is -0.464 e. The Morgan fingerprint density at radius 3 is 1.23 bits per heavy atom. The van der Waals surface area contributed by atoms with Gasteiger partial charge in [0.05, 0.1) is 28.3 Å². The summed E-state index contributed by atoms with van der Waals surface area (Å²) in [6.07, 6.45) is -5.07. The Hall–Kier alpha value is -9.65. The van der Waals surface area contributed by atoms with E-state index in [4.69, 9.17) is 13.6 Å². The van der Waals surface area contributed by atoms with Crippen molar-refractivity contribution < 1.29 is 98.4 Å². The zero-order valence-electron chi connectivity index (χ0n) is 52.9. The lowest BCUT2D eigenvalue weighted by atomic mass is 9.93. The van der Waals surface area contributed by atoms with E-state index in [-0.39, 0.29) is 63.3 Å². The molecule has 0 atom stereocenters. The van der Waals surface area contributed by atoms with Crippen LogP contribution in [0.15, 0.2) is 164 Å². The highest BCUT2D eigenvalue weighted by Gasteiger charge is 2.50. The smallest absolute Gasteiger partial charge is 0.464 e. The molecule has 98 heavy (non-hydrogen) atoms. The average Bonchev–Trinajstić information content (AvgIpc) is 1.78. The number of carbonyl (C=O) groups excluding carboxylic acids is 1. The molecule has 0 spiro atoms. The van der Waals surface area contributed by atoms with Gasteiger partial charge in [0.2, 0.25) is 0 Å². The Kier molecular flexibility index (Phi) is 21.5. The van der Waals surface area contributed by atoms with Gasteiger partial charge in [-0.1, -0.05) is 56.0 Å². The first kappa shape index (κ1) is 74.1. The molecule has 0 aliphatic carbocycles. The Morgan fingerprint density at radius 1 is 0.520 bits per heavy atom. The molecule has 1 fully saturated rings. The zero-order chi connectivity index (χ0) is 71.0. The number of halogens is 10. The van der Waals surface area contributed by atoms with E-state index in [1.807, 2.05) is 0 Å². The largest absolute Gasteiger partial charge is 0.573 e. The molecule has 4 aromatic heterocycles. The van der Waals surface area contributed by atoms with Crippen LogP contribution in [0.1, 0.15) is 57.3 Å². The number of ether oxygens (including phenoxy) is 4. The zero-order valence-corrected chi connectivity index (χ0v) is 54.5. The van der Waals surface area contributed by atoms with E-state index in [0.29, 0.717) is 55.6 Å².